The third-order valence-electron chi connectivity index (χ3n) is 4.54. The van der Waals surface area contributed by atoms with Gasteiger partial charge in [0.25, 0.3) is 0 Å². The number of nitrogens with zero attached hydrogens (tertiary/aromatic N) is 4. The van der Waals surface area contributed by atoms with Gasteiger partial charge in [0.15, 0.2) is 0 Å². The summed E-state index contributed by atoms with van der Waals surface area (Å²) in [5.41, 5.74) is -0.401. The lowest BCUT2D eigenvalue weighted by molar-refractivity contribution is -0.383. The van der Waals surface area contributed by atoms with E-state index < -0.39 is 16.6 Å². The lowest BCUT2D eigenvalue weighted by Gasteiger charge is -2.35. The average molecular weight is 363 g/mol. The summed E-state index contributed by atoms with van der Waals surface area (Å²) >= 11 is 0. The maximum absolute atomic E-state index is 13.9. The minimum Gasteiger partial charge on any atom is -0.348 e. The largest absolute Gasteiger partial charge is 0.353 e. The summed E-state index contributed by atoms with van der Waals surface area (Å²) in [7, 11) is 0. The van der Waals surface area contributed by atoms with E-state index in [1.165, 1.54) is 12.4 Å². The van der Waals surface area contributed by atoms with Crippen molar-refractivity contribution in [3.8, 4) is 0 Å². The second-order valence-electron chi connectivity index (χ2n) is 6.15. The van der Waals surface area contributed by atoms with Crippen LogP contribution in [0.15, 0.2) is 24.5 Å². The summed E-state index contributed by atoms with van der Waals surface area (Å²) in [6.07, 6.45) is 4.99. The summed E-state index contributed by atoms with van der Waals surface area (Å²) in [4.78, 5) is 21.1. The number of nitro groups is 1. The fraction of sp³-hybridized carbons (Fsp3) is 0.412. The van der Waals surface area contributed by atoms with E-state index >= 15 is 0 Å². The van der Waals surface area contributed by atoms with Gasteiger partial charge >= 0.3 is 5.69 Å². The number of nitrogens with one attached hydrogen (secondary N) is 1. The van der Waals surface area contributed by atoms with Gasteiger partial charge in [-0.15, -0.1) is 0 Å². The van der Waals surface area contributed by atoms with Crippen LogP contribution < -0.4 is 10.2 Å². The number of hydrogen-bond acceptors (Lipinski definition) is 6. The van der Waals surface area contributed by atoms with Crippen molar-refractivity contribution in [2.24, 2.45) is 0 Å². The Balaban J connectivity index is 2.02. The van der Waals surface area contributed by atoms with Crippen molar-refractivity contribution < 1.29 is 13.7 Å². The van der Waals surface area contributed by atoms with Crippen molar-refractivity contribution in [2.75, 3.05) is 16.8 Å². The first-order valence-corrected chi connectivity index (χ1v) is 8.49. The Labute approximate surface area is 149 Å². The first-order chi connectivity index (χ1) is 12.5. The van der Waals surface area contributed by atoms with E-state index in [2.05, 4.69) is 15.3 Å². The van der Waals surface area contributed by atoms with E-state index in [4.69, 9.17) is 0 Å². The van der Waals surface area contributed by atoms with Crippen LogP contribution in [-0.4, -0.2) is 27.5 Å². The van der Waals surface area contributed by atoms with E-state index in [-0.39, 0.29) is 29.1 Å². The zero-order valence-corrected chi connectivity index (χ0v) is 14.3. The number of hydrogen-bond donors (Lipinski definition) is 1. The molecule has 1 aliphatic rings. The molecule has 138 valence electrons. The maximum Gasteiger partial charge on any atom is 0.353 e. The normalized spacial score (nSPS) is 17.2. The van der Waals surface area contributed by atoms with Gasteiger partial charge in [0.05, 0.1) is 10.6 Å². The number of piperidine rings is 1. The van der Waals surface area contributed by atoms with Crippen molar-refractivity contribution in [3.63, 3.8) is 0 Å². The van der Waals surface area contributed by atoms with Gasteiger partial charge < -0.3 is 10.2 Å². The second-order valence-corrected chi connectivity index (χ2v) is 6.15. The average Bonchev–Trinajstić information content (AvgIpc) is 2.63. The highest BCUT2D eigenvalue weighted by Crippen LogP contribution is 2.37. The third kappa shape index (κ3) is 3.56. The number of anilines is 3. The minimum atomic E-state index is -0.858. The lowest BCUT2D eigenvalue weighted by atomic mass is 10.00. The molecule has 2 aromatic rings. The van der Waals surface area contributed by atoms with E-state index in [1.807, 2.05) is 11.8 Å². The van der Waals surface area contributed by atoms with Gasteiger partial charge in [-0.25, -0.2) is 18.7 Å². The molecular weight excluding hydrogens is 344 g/mol. The first kappa shape index (κ1) is 18.0. The number of rotatable bonds is 5. The van der Waals surface area contributed by atoms with E-state index in [9.17, 15) is 18.9 Å². The molecule has 1 fully saturated rings. The van der Waals surface area contributed by atoms with E-state index in [0.717, 1.165) is 31.7 Å². The predicted octanol–water partition coefficient (Wildman–Crippen LogP) is 4.18. The van der Waals surface area contributed by atoms with Crippen LogP contribution in [0.2, 0.25) is 0 Å². The van der Waals surface area contributed by atoms with Crippen molar-refractivity contribution in [1.82, 2.24) is 9.97 Å². The highest BCUT2D eigenvalue weighted by atomic mass is 19.1. The quantitative estimate of drug-likeness (QED) is 0.634. The molecule has 1 aromatic heterocycles. The first-order valence-electron chi connectivity index (χ1n) is 8.49. The standard InChI is InChI=1S/C17H19F2N5O2/c1-2-12-5-3-4-8-23(12)17-15(24(25)26)16(20-10-21-17)22-14-7-6-11(18)9-13(14)19/h6-7,9-10,12H,2-5,8H2,1H3,(H,20,21,22). The molecule has 0 amide bonds. The zero-order valence-electron chi connectivity index (χ0n) is 14.3. The molecule has 0 saturated carbocycles. The summed E-state index contributed by atoms with van der Waals surface area (Å²) in [5.74, 6) is -1.48. The smallest absolute Gasteiger partial charge is 0.348 e. The summed E-state index contributed by atoms with van der Waals surface area (Å²) in [6.45, 7) is 2.70. The fourth-order valence-corrected chi connectivity index (χ4v) is 3.26. The molecule has 0 radical (unpaired) electrons. The highest BCUT2D eigenvalue weighted by molar-refractivity contribution is 5.74. The van der Waals surface area contributed by atoms with E-state index in [0.29, 0.717) is 12.6 Å². The molecule has 1 unspecified atom stereocenters. The van der Waals surface area contributed by atoms with Crippen LogP contribution in [-0.2, 0) is 0 Å². The lowest BCUT2D eigenvalue weighted by Crippen LogP contribution is -2.40. The molecule has 9 heteroatoms. The summed E-state index contributed by atoms with van der Waals surface area (Å²) < 4.78 is 27.0. The Hall–Kier alpha value is -2.84. The second kappa shape index (κ2) is 7.59. The van der Waals surface area contributed by atoms with Gasteiger partial charge in [-0.1, -0.05) is 6.92 Å². The molecule has 1 N–H and O–H groups in total. The van der Waals surface area contributed by atoms with Crippen molar-refractivity contribution in [3.05, 3.63) is 46.3 Å². The summed E-state index contributed by atoms with van der Waals surface area (Å²) in [5, 5.41) is 14.3. The molecule has 0 aliphatic carbocycles. The van der Waals surface area contributed by atoms with E-state index in [1.54, 1.807) is 0 Å². The minimum absolute atomic E-state index is 0.0927. The predicted molar refractivity (Wildman–Crippen MR) is 93.6 cm³/mol. The van der Waals surface area contributed by atoms with Crippen molar-refractivity contribution >= 4 is 23.0 Å². The molecule has 1 atom stereocenters. The van der Waals surface area contributed by atoms with Gasteiger partial charge in [0.1, 0.15) is 18.0 Å². The van der Waals surface area contributed by atoms with Crippen LogP contribution in [0.4, 0.5) is 31.8 Å². The molecule has 7 nitrogen and oxygen atoms in total. The number of benzene rings is 1. The van der Waals surface area contributed by atoms with Crippen LogP contribution in [0.3, 0.4) is 0 Å². The molecule has 26 heavy (non-hydrogen) atoms. The Morgan fingerprint density at radius 1 is 1.35 bits per heavy atom. The third-order valence-corrected chi connectivity index (χ3v) is 4.54. The van der Waals surface area contributed by atoms with Crippen molar-refractivity contribution in [2.45, 2.75) is 38.6 Å². The zero-order chi connectivity index (χ0) is 18.7. The molecule has 1 saturated heterocycles. The maximum atomic E-state index is 13.9. The topological polar surface area (TPSA) is 84.2 Å². The van der Waals surface area contributed by atoms with Gasteiger partial charge in [-0.3, -0.25) is 10.1 Å². The molecule has 1 aromatic carbocycles. The molecule has 3 rings (SSSR count). The van der Waals surface area contributed by atoms with Crippen LogP contribution in [0, 0.1) is 21.7 Å². The highest BCUT2D eigenvalue weighted by Gasteiger charge is 2.32. The van der Waals surface area contributed by atoms with Gasteiger partial charge in [-0.2, -0.15) is 0 Å². The Morgan fingerprint density at radius 2 is 2.15 bits per heavy atom. The summed E-state index contributed by atoms with van der Waals surface area (Å²) in [6, 6.07) is 3.10. The Kier molecular flexibility index (Phi) is 5.24. The van der Waals surface area contributed by atoms with Crippen LogP contribution in [0.5, 0.6) is 0 Å². The molecule has 0 spiro atoms. The molecule has 0 bridgehead atoms. The molecule has 2 heterocycles. The van der Waals surface area contributed by atoms with Gasteiger partial charge in [0.2, 0.25) is 11.6 Å². The number of aromatic nitrogens is 2. The van der Waals surface area contributed by atoms with Gasteiger partial charge in [-0.05, 0) is 37.8 Å². The van der Waals surface area contributed by atoms with Crippen LogP contribution >= 0.6 is 0 Å². The van der Waals surface area contributed by atoms with Crippen LogP contribution in [0.25, 0.3) is 0 Å². The monoisotopic (exact) mass is 363 g/mol. The molecule has 1 aliphatic heterocycles. The van der Waals surface area contributed by atoms with Crippen LogP contribution in [0.1, 0.15) is 32.6 Å². The molecular formula is C17H19F2N5O2. The van der Waals surface area contributed by atoms with Gasteiger partial charge in [0, 0.05) is 18.7 Å². The SMILES string of the molecule is CCC1CCCCN1c1ncnc(Nc2ccc(F)cc2F)c1[N+](=O)[O-]. The Bertz CT molecular complexity index is 818. The number of halogens is 2. The van der Waals surface area contributed by atoms with Crippen molar-refractivity contribution in [1.29, 1.82) is 0 Å². The fourth-order valence-electron chi connectivity index (χ4n) is 3.26. The Morgan fingerprint density at radius 3 is 2.85 bits per heavy atom.